The van der Waals surface area contributed by atoms with Crippen molar-refractivity contribution in [2.45, 2.75) is 79.1 Å². The minimum atomic E-state index is -0.0444. The first kappa shape index (κ1) is 18.2. The van der Waals surface area contributed by atoms with E-state index in [2.05, 4.69) is 19.2 Å². The summed E-state index contributed by atoms with van der Waals surface area (Å²) in [6.07, 6.45) is 8.34. The third-order valence-electron chi connectivity index (χ3n) is 4.88. The van der Waals surface area contributed by atoms with Gasteiger partial charge in [-0.3, -0.25) is 9.59 Å². The van der Waals surface area contributed by atoms with Crippen molar-refractivity contribution in [1.82, 2.24) is 5.32 Å². The van der Waals surface area contributed by atoms with Crippen molar-refractivity contribution in [3.8, 4) is 0 Å². The largest absolute Gasteiger partial charge is 0.356 e. The highest BCUT2D eigenvalue weighted by Gasteiger charge is 2.51. The third kappa shape index (κ3) is 5.80. The molecule has 0 aliphatic heterocycles. The average molecular weight is 295 g/mol. The van der Waals surface area contributed by atoms with Crippen LogP contribution in [0.1, 0.15) is 79.1 Å². The first-order valence-corrected chi connectivity index (χ1v) is 8.71. The van der Waals surface area contributed by atoms with Gasteiger partial charge in [-0.05, 0) is 31.6 Å². The summed E-state index contributed by atoms with van der Waals surface area (Å²) < 4.78 is 0. The molecule has 0 aromatic heterocycles. The van der Waals surface area contributed by atoms with E-state index in [1.807, 2.05) is 13.8 Å². The zero-order valence-electron chi connectivity index (χ0n) is 14.3. The molecule has 0 bridgehead atoms. The number of carbonyl (C=O) groups excluding carboxylic acids is 2. The Bertz CT molecular complexity index is 343. The van der Waals surface area contributed by atoms with Gasteiger partial charge in [-0.2, -0.15) is 0 Å². The van der Waals surface area contributed by atoms with Crippen molar-refractivity contribution in [3.05, 3.63) is 0 Å². The Balaban J connectivity index is 1.96. The molecule has 0 heterocycles. The van der Waals surface area contributed by atoms with Crippen molar-refractivity contribution in [1.29, 1.82) is 0 Å². The number of nitrogens with one attached hydrogen (secondary N) is 1. The maximum absolute atomic E-state index is 12.1. The van der Waals surface area contributed by atoms with E-state index in [4.69, 9.17) is 0 Å². The molecular formula is C18H33NO2. The Morgan fingerprint density at radius 2 is 1.52 bits per heavy atom. The van der Waals surface area contributed by atoms with Crippen LogP contribution in [0, 0.1) is 17.3 Å². The number of ketones is 1. The Morgan fingerprint density at radius 3 is 2.05 bits per heavy atom. The second kappa shape index (κ2) is 8.55. The molecule has 3 nitrogen and oxygen atoms in total. The average Bonchev–Trinajstić information content (AvgIpc) is 3.22. The molecule has 122 valence electrons. The molecule has 0 atom stereocenters. The van der Waals surface area contributed by atoms with E-state index in [1.54, 1.807) is 0 Å². The quantitative estimate of drug-likeness (QED) is 0.583. The molecule has 0 spiro atoms. The first-order chi connectivity index (χ1) is 9.90. The number of unbranched alkanes of at least 4 members (excludes halogenated alkanes) is 4. The van der Waals surface area contributed by atoms with Crippen molar-refractivity contribution in [2.75, 3.05) is 6.54 Å². The van der Waals surface area contributed by atoms with Gasteiger partial charge in [-0.1, -0.05) is 47.0 Å². The molecule has 0 radical (unpaired) electrons. The fraction of sp³-hybridized carbons (Fsp3) is 0.889. The lowest BCUT2D eigenvalue weighted by atomic mass is 9.91. The maximum atomic E-state index is 12.1. The molecule has 1 amide bonds. The smallest absolute Gasteiger partial charge is 0.226 e. The highest BCUT2D eigenvalue weighted by Crippen LogP contribution is 2.51. The molecule has 1 rings (SSSR count). The maximum Gasteiger partial charge on any atom is 0.226 e. The predicted molar refractivity (Wildman–Crippen MR) is 87.1 cm³/mol. The van der Waals surface area contributed by atoms with Crippen LogP contribution < -0.4 is 5.32 Å². The highest BCUT2D eigenvalue weighted by atomic mass is 16.2. The molecule has 0 saturated heterocycles. The van der Waals surface area contributed by atoms with Gasteiger partial charge in [0.15, 0.2) is 0 Å². The van der Waals surface area contributed by atoms with E-state index in [1.165, 1.54) is 0 Å². The Morgan fingerprint density at radius 1 is 0.952 bits per heavy atom. The predicted octanol–water partition coefficient (Wildman–Crippen LogP) is 4.10. The summed E-state index contributed by atoms with van der Waals surface area (Å²) >= 11 is 0. The summed E-state index contributed by atoms with van der Waals surface area (Å²) in [5, 5.41) is 3.10. The van der Waals surface area contributed by atoms with Crippen molar-refractivity contribution in [2.24, 2.45) is 17.3 Å². The van der Waals surface area contributed by atoms with E-state index in [0.717, 1.165) is 57.9 Å². The molecule has 1 aliphatic rings. The molecule has 0 unspecified atom stereocenters. The Kier molecular flexibility index (Phi) is 7.41. The van der Waals surface area contributed by atoms with Gasteiger partial charge in [0.2, 0.25) is 5.91 Å². The van der Waals surface area contributed by atoms with Gasteiger partial charge in [-0.25, -0.2) is 0 Å². The van der Waals surface area contributed by atoms with Gasteiger partial charge in [0.1, 0.15) is 5.78 Å². The monoisotopic (exact) mass is 295 g/mol. The summed E-state index contributed by atoms with van der Waals surface area (Å²) in [4.78, 5) is 23.6. The molecule has 1 aliphatic carbocycles. The fourth-order valence-electron chi connectivity index (χ4n) is 2.82. The van der Waals surface area contributed by atoms with Crippen LogP contribution in [-0.2, 0) is 9.59 Å². The zero-order chi connectivity index (χ0) is 15.9. The highest BCUT2D eigenvalue weighted by molar-refractivity contribution is 5.85. The molecule has 0 aromatic rings. The molecule has 1 saturated carbocycles. The van der Waals surface area contributed by atoms with Crippen LogP contribution in [0.5, 0.6) is 0 Å². The number of amides is 1. The molecule has 0 aromatic carbocycles. The molecule has 1 N–H and O–H groups in total. The van der Waals surface area contributed by atoms with E-state index < -0.39 is 0 Å². The van der Waals surface area contributed by atoms with Crippen LogP contribution in [0.2, 0.25) is 0 Å². The molecular weight excluding hydrogens is 262 g/mol. The normalized spacial score (nSPS) is 16.3. The van der Waals surface area contributed by atoms with Crippen LogP contribution in [0.15, 0.2) is 0 Å². The summed E-state index contributed by atoms with van der Waals surface area (Å²) in [6, 6.07) is 0. The van der Waals surface area contributed by atoms with E-state index in [9.17, 15) is 9.59 Å². The summed E-state index contributed by atoms with van der Waals surface area (Å²) in [7, 11) is 0. The topological polar surface area (TPSA) is 46.2 Å². The third-order valence-corrected chi connectivity index (χ3v) is 4.88. The van der Waals surface area contributed by atoms with Crippen LogP contribution in [0.4, 0.5) is 0 Å². The van der Waals surface area contributed by atoms with Crippen molar-refractivity contribution in [3.63, 3.8) is 0 Å². The van der Waals surface area contributed by atoms with Gasteiger partial charge >= 0.3 is 0 Å². The van der Waals surface area contributed by atoms with E-state index in [-0.39, 0.29) is 17.2 Å². The minimum absolute atomic E-state index is 0.0444. The van der Waals surface area contributed by atoms with Crippen LogP contribution in [0.3, 0.4) is 0 Å². The fourth-order valence-corrected chi connectivity index (χ4v) is 2.82. The summed E-state index contributed by atoms with van der Waals surface area (Å²) in [5.41, 5.74) is -0.0444. The molecule has 21 heavy (non-hydrogen) atoms. The standard InChI is InChI=1S/C18H33NO2/c1-14(2)16(20)10-8-6-5-7-9-13-19-17(21)18(11-12-18)15(3)4/h14-15H,5-13H2,1-4H3,(H,19,21). The van der Waals surface area contributed by atoms with Gasteiger partial charge in [0, 0.05) is 18.9 Å². The van der Waals surface area contributed by atoms with E-state index >= 15 is 0 Å². The second-order valence-electron chi connectivity index (χ2n) is 7.21. The lowest BCUT2D eigenvalue weighted by molar-refractivity contribution is -0.127. The number of rotatable bonds is 11. The number of hydrogen-bond donors (Lipinski definition) is 1. The Hall–Kier alpha value is -0.860. The molecule has 3 heteroatoms. The second-order valence-corrected chi connectivity index (χ2v) is 7.21. The lowest BCUT2D eigenvalue weighted by Gasteiger charge is -2.18. The van der Waals surface area contributed by atoms with E-state index in [0.29, 0.717) is 11.7 Å². The van der Waals surface area contributed by atoms with Gasteiger partial charge in [0.25, 0.3) is 0 Å². The van der Waals surface area contributed by atoms with Gasteiger partial charge in [0.05, 0.1) is 5.41 Å². The van der Waals surface area contributed by atoms with Crippen molar-refractivity contribution < 1.29 is 9.59 Å². The summed E-state index contributed by atoms with van der Waals surface area (Å²) in [5.74, 6) is 1.28. The van der Waals surface area contributed by atoms with Crippen LogP contribution in [0.25, 0.3) is 0 Å². The zero-order valence-corrected chi connectivity index (χ0v) is 14.3. The number of carbonyl (C=O) groups is 2. The number of Topliss-reactive ketones (excluding diaryl/α,β-unsaturated/α-hetero) is 1. The SMILES string of the molecule is CC(C)C(=O)CCCCCCCNC(=O)C1(C(C)C)CC1. The van der Waals surface area contributed by atoms with Gasteiger partial charge in [-0.15, -0.1) is 0 Å². The van der Waals surface area contributed by atoms with Crippen LogP contribution in [-0.4, -0.2) is 18.2 Å². The Labute approximate surface area is 130 Å². The minimum Gasteiger partial charge on any atom is -0.356 e. The van der Waals surface area contributed by atoms with Crippen molar-refractivity contribution >= 4 is 11.7 Å². The summed E-state index contributed by atoms with van der Waals surface area (Å²) in [6.45, 7) is 9.03. The number of hydrogen-bond acceptors (Lipinski definition) is 2. The van der Waals surface area contributed by atoms with Crippen LogP contribution >= 0.6 is 0 Å². The van der Waals surface area contributed by atoms with Gasteiger partial charge < -0.3 is 5.32 Å². The molecule has 1 fully saturated rings. The first-order valence-electron chi connectivity index (χ1n) is 8.71. The lowest BCUT2D eigenvalue weighted by Crippen LogP contribution is -2.35.